The summed E-state index contributed by atoms with van der Waals surface area (Å²) in [5, 5.41) is 3.77. The molecular formula is C12H24N2O. The number of likely N-dealkylation sites (N-methyl/N-ethyl adjacent to an activating group) is 1. The molecule has 0 aromatic carbocycles. The van der Waals surface area contributed by atoms with E-state index >= 15 is 0 Å². The molecule has 1 aliphatic carbocycles. The van der Waals surface area contributed by atoms with E-state index in [1.54, 1.807) is 7.11 Å². The Kier molecular flexibility index (Phi) is 3.65. The molecule has 88 valence electrons. The molecule has 1 saturated heterocycles. The van der Waals surface area contributed by atoms with Gasteiger partial charge >= 0.3 is 0 Å². The molecule has 1 saturated carbocycles. The summed E-state index contributed by atoms with van der Waals surface area (Å²) >= 11 is 0. The predicted molar refractivity (Wildman–Crippen MR) is 62.0 cm³/mol. The third-order valence-corrected chi connectivity index (χ3v) is 3.87. The quantitative estimate of drug-likeness (QED) is 0.738. The van der Waals surface area contributed by atoms with Crippen molar-refractivity contribution in [3.8, 4) is 0 Å². The molecule has 0 spiro atoms. The zero-order valence-corrected chi connectivity index (χ0v) is 10.2. The minimum atomic E-state index is 0.596. The summed E-state index contributed by atoms with van der Waals surface area (Å²) in [5.74, 6) is 0.881. The number of ether oxygens (including phenoxy) is 1. The van der Waals surface area contributed by atoms with Crippen LogP contribution in [0, 0.1) is 5.92 Å². The zero-order valence-electron chi connectivity index (χ0n) is 10.2. The van der Waals surface area contributed by atoms with Crippen LogP contribution in [0.15, 0.2) is 0 Å². The van der Waals surface area contributed by atoms with E-state index < -0.39 is 0 Å². The molecule has 2 fully saturated rings. The van der Waals surface area contributed by atoms with Crippen LogP contribution >= 0.6 is 0 Å². The third-order valence-electron chi connectivity index (χ3n) is 3.87. The minimum absolute atomic E-state index is 0.596. The molecule has 3 nitrogen and oxygen atoms in total. The number of nitrogens with one attached hydrogen (secondary N) is 1. The average Bonchev–Trinajstić information content (AvgIpc) is 2.95. The first kappa shape index (κ1) is 11.4. The van der Waals surface area contributed by atoms with Gasteiger partial charge < -0.3 is 15.0 Å². The molecule has 1 aliphatic heterocycles. The Morgan fingerprint density at radius 1 is 1.47 bits per heavy atom. The topological polar surface area (TPSA) is 24.5 Å². The first-order valence-corrected chi connectivity index (χ1v) is 6.16. The molecule has 0 amide bonds. The van der Waals surface area contributed by atoms with Gasteiger partial charge in [-0.15, -0.1) is 0 Å². The average molecular weight is 212 g/mol. The van der Waals surface area contributed by atoms with Crippen LogP contribution in [0.1, 0.15) is 26.2 Å². The second kappa shape index (κ2) is 4.81. The molecule has 3 atom stereocenters. The highest BCUT2D eigenvalue weighted by molar-refractivity contribution is 4.92. The van der Waals surface area contributed by atoms with Gasteiger partial charge in [-0.25, -0.2) is 0 Å². The SMILES string of the molecule is COCC(NC1CC(C)N(C)C1)C1CC1. The van der Waals surface area contributed by atoms with Gasteiger partial charge in [0.15, 0.2) is 0 Å². The number of rotatable bonds is 5. The Labute approximate surface area is 93.2 Å². The summed E-state index contributed by atoms with van der Waals surface area (Å²) in [6, 6.07) is 1.99. The van der Waals surface area contributed by atoms with Gasteiger partial charge in [0.25, 0.3) is 0 Å². The Bertz CT molecular complexity index is 196. The molecule has 15 heavy (non-hydrogen) atoms. The van der Waals surface area contributed by atoms with E-state index in [1.807, 2.05) is 0 Å². The summed E-state index contributed by atoms with van der Waals surface area (Å²) < 4.78 is 5.29. The molecule has 2 aliphatic rings. The van der Waals surface area contributed by atoms with Crippen molar-refractivity contribution >= 4 is 0 Å². The second-order valence-electron chi connectivity index (χ2n) is 5.29. The van der Waals surface area contributed by atoms with E-state index in [4.69, 9.17) is 4.74 Å². The lowest BCUT2D eigenvalue weighted by Gasteiger charge is -2.22. The Morgan fingerprint density at radius 3 is 2.67 bits per heavy atom. The Balaban J connectivity index is 1.79. The van der Waals surface area contributed by atoms with Crippen molar-refractivity contribution in [2.75, 3.05) is 27.3 Å². The van der Waals surface area contributed by atoms with Crippen LogP contribution in [-0.2, 0) is 4.74 Å². The van der Waals surface area contributed by atoms with Gasteiger partial charge in [-0.2, -0.15) is 0 Å². The van der Waals surface area contributed by atoms with E-state index in [1.165, 1.54) is 25.8 Å². The van der Waals surface area contributed by atoms with Crippen molar-refractivity contribution in [2.24, 2.45) is 5.92 Å². The van der Waals surface area contributed by atoms with E-state index in [0.29, 0.717) is 12.1 Å². The summed E-state index contributed by atoms with van der Waals surface area (Å²) in [5.41, 5.74) is 0. The summed E-state index contributed by atoms with van der Waals surface area (Å²) in [6.45, 7) is 4.37. The highest BCUT2D eigenvalue weighted by atomic mass is 16.5. The van der Waals surface area contributed by atoms with Crippen molar-refractivity contribution in [3.63, 3.8) is 0 Å². The van der Waals surface area contributed by atoms with E-state index in [2.05, 4.69) is 24.2 Å². The Hall–Kier alpha value is -0.120. The fourth-order valence-corrected chi connectivity index (χ4v) is 2.62. The normalized spacial score (nSPS) is 34.6. The molecule has 3 unspecified atom stereocenters. The van der Waals surface area contributed by atoms with Crippen molar-refractivity contribution in [1.29, 1.82) is 0 Å². The van der Waals surface area contributed by atoms with Crippen LogP contribution in [0.3, 0.4) is 0 Å². The van der Waals surface area contributed by atoms with E-state index in [9.17, 15) is 0 Å². The summed E-state index contributed by atoms with van der Waals surface area (Å²) in [4.78, 5) is 2.44. The first-order chi connectivity index (χ1) is 7.20. The summed E-state index contributed by atoms with van der Waals surface area (Å²) in [7, 11) is 4.02. The van der Waals surface area contributed by atoms with Gasteiger partial charge in [0.2, 0.25) is 0 Å². The van der Waals surface area contributed by atoms with Crippen molar-refractivity contribution in [1.82, 2.24) is 10.2 Å². The summed E-state index contributed by atoms with van der Waals surface area (Å²) in [6.07, 6.45) is 4.06. The van der Waals surface area contributed by atoms with Gasteiger partial charge in [-0.1, -0.05) is 0 Å². The third kappa shape index (κ3) is 2.92. The molecule has 0 bridgehead atoms. The molecule has 3 heteroatoms. The smallest absolute Gasteiger partial charge is 0.0618 e. The lowest BCUT2D eigenvalue weighted by Crippen LogP contribution is -2.43. The number of methoxy groups -OCH3 is 1. The zero-order chi connectivity index (χ0) is 10.8. The molecular weight excluding hydrogens is 188 g/mol. The van der Waals surface area contributed by atoms with Gasteiger partial charge in [0.05, 0.1) is 6.61 Å². The molecule has 0 radical (unpaired) electrons. The molecule has 1 N–H and O–H groups in total. The lowest BCUT2D eigenvalue weighted by molar-refractivity contribution is 0.151. The fourth-order valence-electron chi connectivity index (χ4n) is 2.62. The van der Waals surface area contributed by atoms with Crippen LogP contribution < -0.4 is 5.32 Å². The second-order valence-corrected chi connectivity index (χ2v) is 5.29. The van der Waals surface area contributed by atoms with Gasteiger partial charge in [0, 0.05) is 31.8 Å². The van der Waals surface area contributed by atoms with Gasteiger partial charge in [-0.05, 0) is 39.2 Å². The maximum absolute atomic E-state index is 5.29. The number of nitrogens with zero attached hydrogens (tertiary/aromatic N) is 1. The fraction of sp³-hybridized carbons (Fsp3) is 1.00. The van der Waals surface area contributed by atoms with Crippen LogP contribution in [-0.4, -0.2) is 50.3 Å². The predicted octanol–water partition coefficient (Wildman–Crippen LogP) is 1.09. The first-order valence-electron chi connectivity index (χ1n) is 6.16. The molecule has 0 aromatic rings. The maximum atomic E-state index is 5.29. The standard InChI is InChI=1S/C12H24N2O/c1-9-6-11(7-14(9)2)13-12(8-15-3)10-4-5-10/h9-13H,4-8H2,1-3H3. The van der Waals surface area contributed by atoms with Crippen LogP contribution in [0.25, 0.3) is 0 Å². The molecule has 1 heterocycles. The van der Waals surface area contributed by atoms with Crippen molar-refractivity contribution in [2.45, 2.75) is 44.3 Å². The van der Waals surface area contributed by atoms with Gasteiger partial charge in [-0.3, -0.25) is 0 Å². The van der Waals surface area contributed by atoms with Gasteiger partial charge in [0.1, 0.15) is 0 Å². The number of hydrogen-bond donors (Lipinski definition) is 1. The minimum Gasteiger partial charge on any atom is -0.383 e. The highest BCUT2D eigenvalue weighted by Crippen LogP contribution is 2.33. The molecule has 2 rings (SSSR count). The maximum Gasteiger partial charge on any atom is 0.0618 e. The molecule has 0 aromatic heterocycles. The number of likely N-dealkylation sites (tertiary alicyclic amines) is 1. The van der Waals surface area contributed by atoms with E-state index in [-0.39, 0.29) is 0 Å². The highest BCUT2D eigenvalue weighted by Gasteiger charge is 2.34. The van der Waals surface area contributed by atoms with E-state index in [0.717, 1.165) is 18.6 Å². The van der Waals surface area contributed by atoms with Crippen molar-refractivity contribution in [3.05, 3.63) is 0 Å². The van der Waals surface area contributed by atoms with Crippen LogP contribution in [0.4, 0.5) is 0 Å². The lowest BCUT2D eigenvalue weighted by atomic mass is 10.1. The number of hydrogen-bond acceptors (Lipinski definition) is 3. The van der Waals surface area contributed by atoms with Crippen molar-refractivity contribution < 1.29 is 4.74 Å². The monoisotopic (exact) mass is 212 g/mol. The van der Waals surface area contributed by atoms with Crippen LogP contribution in [0.2, 0.25) is 0 Å². The van der Waals surface area contributed by atoms with Crippen LogP contribution in [0.5, 0.6) is 0 Å². The Morgan fingerprint density at radius 2 is 2.20 bits per heavy atom. The largest absolute Gasteiger partial charge is 0.383 e.